The van der Waals surface area contributed by atoms with E-state index in [1.54, 1.807) is 4.90 Å². The number of likely N-dealkylation sites (tertiary alicyclic amines) is 1. The number of carbonyl (C=O) groups is 2. The second-order valence-corrected chi connectivity index (χ2v) is 11.7. The molecular formula is C27H26ClFN6O4S. The summed E-state index contributed by atoms with van der Waals surface area (Å²) < 4.78 is 41.3. The standard InChI is InChI=1S/C27H26ClFN6O4S/c1-2-40(38,39)33-26(36)19-16-31-35-24(19)30-15-20(25(35)32-22-10-6-9-21(29)23(22)28)27(37)34-13-11-18(12-14-34)17-7-4-3-5-8-17/h3-10,15-16,18,32H,2,11-14H2,1H3,(H,33,36). The molecule has 2 aromatic carbocycles. The maximum atomic E-state index is 14.2. The van der Waals surface area contributed by atoms with Crippen molar-refractivity contribution in [1.29, 1.82) is 0 Å². The van der Waals surface area contributed by atoms with Gasteiger partial charge in [0.1, 0.15) is 22.8 Å². The van der Waals surface area contributed by atoms with Gasteiger partial charge in [0.15, 0.2) is 5.65 Å². The van der Waals surface area contributed by atoms with Crippen LogP contribution in [0.25, 0.3) is 5.65 Å². The molecule has 2 amide bonds. The van der Waals surface area contributed by atoms with E-state index in [9.17, 15) is 22.4 Å². The maximum absolute atomic E-state index is 14.2. The van der Waals surface area contributed by atoms with Crippen LogP contribution in [0.2, 0.25) is 5.02 Å². The SMILES string of the molecule is CCS(=O)(=O)NC(=O)c1cnn2c(Nc3cccc(F)c3Cl)c(C(=O)N3CCC(c4ccccc4)CC3)cnc12. The number of sulfonamides is 1. The Kier molecular flexibility index (Phi) is 7.72. The molecule has 0 saturated carbocycles. The first-order chi connectivity index (χ1) is 19.2. The highest BCUT2D eigenvalue weighted by Gasteiger charge is 2.29. The molecule has 1 aliphatic heterocycles. The fraction of sp³-hybridized carbons (Fsp3) is 0.259. The highest BCUT2D eigenvalue weighted by molar-refractivity contribution is 7.90. The van der Waals surface area contributed by atoms with Gasteiger partial charge in [0.05, 0.1) is 22.7 Å². The summed E-state index contributed by atoms with van der Waals surface area (Å²) in [4.78, 5) is 32.5. The average Bonchev–Trinajstić information content (AvgIpc) is 3.40. The molecule has 0 unspecified atom stereocenters. The van der Waals surface area contributed by atoms with E-state index in [-0.39, 0.29) is 45.0 Å². The van der Waals surface area contributed by atoms with Crippen LogP contribution < -0.4 is 10.0 Å². The number of carbonyl (C=O) groups excluding carboxylic acids is 2. The van der Waals surface area contributed by atoms with Crippen LogP contribution in [-0.2, 0) is 10.0 Å². The highest BCUT2D eigenvalue weighted by Crippen LogP contribution is 2.32. The number of hydrogen-bond acceptors (Lipinski definition) is 7. The Bertz CT molecular complexity index is 1690. The van der Waals surface area contributed by atoms with Crippen LogP contribution in [0, 0.1) is 5.82 Å². The fourth-order valence-electron chi connectivity index (χ4n) is 4.68. The Hall–Kier alpha value is -4.03. The summed E-state index contributed by atoms with van der Waals surface area (Å²) in [6, 6.07) is 14.3. The fourth-order valence-corrected chi connectivity index (χ4v) is 5.39. The summed E-state index contributed by atoms with van der Waals surface area (Å²) in [5.41, 5.74) is 1.41. The van der Waals surface area contributed by atoms with E-state index in [2.05, 4.69) is 27.5 Å². The quantitative estimate of drug-likeness (QED) is 0.330. The van der Waals surface area contributed by atoms with Crippen LogP contribution in [0.15, 0.2) is 60.9 Å². The van der Waals surface area contributed by atoms with Crippen molar-refractivity contribution in [3.63, 3.8) is 0 Å². The number of fused-ring (bicyclic) bond motifs is 1. The molecule has 13 heteroatoms. The normalized spacial score (nSPS) is 14.3. The summed E-state index contributed by atoms with van der Waals surface area (Å²) >= 11 is 6.18. The zero-order valence-corrected chi connectivity index (χ0v) is 23.0. The number of piperidine rings is 1. The summed E-state index contributed by atoms with van der Waals surface area (Å²) in [5.74, 6) is -1.77. The zero-order chi connectivity index (χ0) is 28.4. The molecule has 1 fully saturated rings. The van der Waals surface area contributed by atoms with E-state index in [0.29, 0.717) is 19.0 Å². The number of benzene rings is 2. The molecule has 0 bridgehead atoms. The summed E-state index contributed by atoms with van der Waals surface area (Å²) in [6.07, 6.45) is 4.01. The van der Waals surface area contributed by atoms with Crippen molar-refractivity contribution in [3.8, 4) is 0 Å². The molecule has 0 aliphatic carbocycles. The van der Waals surface area contributed by atoms with Crippen LogP contribution in [0.3, 0.4) is 0 Å². The first kappa shape index (κ1) is 27.5. The molecular weight excluding hydrogens is 559 g/mol. The predicted octanol–water partition coefficient (Wildman–Crippen LogP) is 4.36. The van der Waals surface area contributed by atoms with Crippen molar-refractivity contribution in [2.75, 3.05) is 24.2 Å². The van der Waals surface area contributed by atoms with E-state index >= 15 is 0 Å². The van der Waals surface area contributed by atoms with Gasteiger partial charge in [-0.15, -0.1) is 0 Å². The van der Waals surface area contributed by atoms with Gasteiger partial charge in [0.2, 0.25) is 10.0 Å². The molecule has 2 N–H and O–H groups in total. The largest absolute Gasteiger partial charge is 0.338 e. The number of nitrogens with zero attached hydrogens (tertiary/aromatic N) is 4. The molecule has 1 saturated heterocycles. The molecule has 0 spiro atoms. The number of nitrogens with one attached hydrogen (secondary N) is 2. The van der Waals surface area contributed by atoms with Gasteiger partial charge in [0, 0.05) is 19.3 Å². The third-order valence-corrected chi connectivity index (χ3v) is 8.53. The number of amides is 2. The third kappa shape index (κ3) is 5.50. The van der Waals surface area contributed by atoms with Crippen LogP contribution >= 0.6 is 11.6 Å². The number of rotatable bonds is 7. The lowest BCUT2D eigenvalue weighted by atomic mass is 9.89. The van der Waals surface area contributed by atoms with Gasteiger partial charge in [-0.2, -0.15) is 9.61 Å². The first-order valence-electron chi connectivity index (χ1n) is 12.6. The Balaban J connectivity index is 1.51. The summed E-state index contributed by atoms with van der Waals surface area (Å²) in [5, 5.41) is 6.99. The molecule has 2 aromatic heterocycles. The molecule has 0 radical (unpaired) electrons. The van der Waals surface area contributed by atoms with E-state index in [1.165, 1.54) is 41.4 Å². The third-order valence-electron chi connectivity index (χ3n) is 6.89. The Labute approximate surface area is 235 Å². The highest BCUT2D eigenvalue weighted by atomic mass is 35.5. The minimum absolute atomic E-state index is 0.00170. The van der Waals surface area contributed by atoms with E-state index in [1.807, 2.05) is 22.9 Å². The van der Waals surface area contributed by atoms with Crippen LogP contribution in [-0.4, -0.2) is 58.6 Å². The number of halogens is 2. The second-order valence-electron chi connectivity index (χ2n) is 9.35. The Morgan fingerprint density at radius 1 is 1.05 bits per heavy atom. The van der Waals surface area contributed by atoms with Crippen LogP contribution in [0.5, 0.6) is 0 Å². The molecule has 5 rings (SSSR count). The predicted molar refractivity (Wildman–Crippen MR) is 149 cm³/mol. The van der Waals surface area contributed by atoms with Gasteiger partial charge in [-0.1, -0.05) is 48.0 Å². The number of hydrogen-bond donors (Lipinski definition) is 2. The van der Waals surface area contributed by atoms with Crippen molar-refractivity contribution >= 4 is 50.6 Å². The summed E-state index contributed by atoms with van der Waals surface area (Å²) in [6.45, 7) is 2.42. The lowest BCUT2D eigenvalue weighted by Crippen LogP contribution is -2.38. The lowest BCUT2D eigenvalue weighted by Gasteiger charge is -2.32. The smallest absolute Gasteiger partial charge is 0.270 e. The Morgan fingerprint density at radius 3 is 2.48 bits per heavy atom. The van der Waals surface area contributed by atoms with Crippen LogP contribution in [0.4, 0.5) is 15.9 Å². The average molecular weight is 585 g/mol. The minimum atomic E-state index is -3.84. The molecule has 4 aromatic rings. The monoisotopic (exact) mass is 584 g/mol. The molecule has 40 heavy (non-hydrogen) atoms. The van der Waals surface area contributed by atoms with Gasteiger partial charge in [-0.3, -0.25) is 9.59 Å². The van der Waals surface area contributed by atoms with Gasteiger partial charge >= 0.3 is 0 Å². The molecule has 10 nitrogen and oxygen atoms in total. The van der Waals surface area contributed by atoms with Crippen molar-refractivity contribution in [2.45, 2.75) is 25.7 Å². The molecule has 1 aliphatic rings. The minimum Gasteiger partial charge on any atom is -0.338 e. The van der Waals surface area contributed by atoms with Crippen molar-refractivity contribution < 1.29 is 22.4 Å². The molecule has 3 heterocycles. The summed E-state index contributed by atoms with van der Waals surface area (Å²) in [7, 11) is -3.84. The maximum Gasteiger partial charge on any atom is 0.270 e. The number of anilines is 2. The topological polar surface area (TPSA) is 126 Å². The Morgan fingerprint density at radius 2 is 1.77 bits per heavy atom. The van der Waals surface area contributed by atoms with Gasteiger partial charge in [0.25, 0.3) is 11.8 Å². The van der Waals surface area contributed by atoms with Crippen molar-refractivity contribution in [3.05, 3.63) is 88.5 Å². The lowest BCUT2D eigenvalue weighted by molar-refractivity contribution is 0.0713. The zero-order valence-electron chi connectivity index (χ0n) is 21.5. The molecule has 0 atom stereocenters. The van der Waals surface area contributed by atoms with Crippen molar-refractivity contribution in [2.24, 2.45) is 0 Å². The molecule has 208 valence electrons. The van der Waals surface area contributed by atoms with Crippen LogP contribution in [0.1, 0.15) is 52.0 Å². The second kappa shape index (κ2) is 11.2. The van der Waals surface area contributed by atoms with E-state index in [0.717, 1.165) is 19.0 Å². The number of aromatic nitrogens is 3. The van der Waals surface area contributed by atoms with Crippen molar-refractivity contribution in [1.82, 2.24) is 24.2 Å². The van der Waals surface area contributed by atoms with E-state index < -0.39 is 21.7 Å². The van der Waals surface area contributed by atoms with Gasteiger partial charge in [-0.25, -0.2) is 22.5 Å². The van der Waals surface area contributed by atoms with Gasteiger partial charge in [-0.05, 0) is 43.4 Å². The van der Waals surface area contributed by atoms with E-state index in [4.69, 9.17) is 11.6 Å². The first-order valence-corrected chi connectivity index (χ1v) is 14.7. The van der Waals surface area contributed by atoms with Gasteiger partial charge < -0.3 is 10.2 Å².